The normalized spacial score (nSPS) is 23.4. The van der Waals surface area contributed by atoms with E-state index in [0.29, 0.717) is 50.5 Å². The van der Waals surface area contributed by atoms with Crippen LogP contribution in [-0.4, -0.2) is 52.1 Å². The van der Waals surface area contributed by atoms with E-state index in [1.165, 1.54) is 0 Å². The van der Waals surface area contributed by atoms with Crippen molar-refractivity contribution < 1.29 is 43.7 Å². The Morgan fingerprint density at radius 1 is 0.862 bits per heavy atom. The lowest BCUT2D eigenvalue weighted by Crippen LogP contribution is -2.18. The fourth-order valence-electron chi connectivity index (χ4n) is 2.37. The highest BCUT2D eigenvalue weighted by Gasteiger charge is 2.17. The molecule has 2 fully saturated rings. The molecule has 0 aromatic carbocycles. The van der Waals surface area contributed by atoms with Gasteiger partial charge in [0.2, 0.25) is 23.6 Å². The van der Waals surface area contributed by atoms with E-state index in [2.05, 4.69) is 15.4 Å². The van der Waals surface area contributed by atoms with Gasteiger partial charge in [0.15, 0.2) is 0 Å². The van der Waals surface area contributed by atoms with E-state index in [1.54, 1.807) is 18.2 Å². The van der Waals surface area contributed by atoms with Crippen molar-refractivity contribution in [3.8, 4) is 0 Å². The van der Waals surface area contributed by atoms with Crippen LogP contribution < -0.4 is 10.6 Å². The zero-order valence-electron chi connectivity index (χ0n) is 15.5. The number of carbonyl (C=O) groups is 6. The maximum absolute atomic E-state index is 10.7. The first kappa shape index (κ1) is 23.5. The van der Waals surface area contributed by atoms with Gasteiger partial charge >= 0.3 is 12.1 Å². The minimum Gasteiger partial charge on any atom is -0.478 e. The van der Waals surface area contributed by atoms with Crippen LogP contribution in [0.4, 0.5) is 4.79 Å². The molecule has 3 aliphatic rings. The molecule has 2 heterocycles. The largest absolute Gasteiger partial charge is 0.506 e. The van der Waals surface area contributed by atoms with E-state index < -0.39 is 18.2 Å². The second-order valence-electron chi connectivity index (χ2n) is 6.10. The van der Waals surface area contributed by atoms with E-state index >= 15 is 0 Å². The average molecular weight is 410 g/mol. The molecular formula is C18H22N2O9. The Hall–Kier alpha value is -3.50. The summed E-state index contributed by atoms with van der Waals surface area (Å²) >= 11 is 0. The maximum atomic E-state index is 10.7. The highest BCUT2D eigenvalue weighted by Crippen LogP contribution is 2.15. The Balaban J connectivity index is 0.000000248. The molecule has 0 unspecified atom stereocenters. The fourth-order valence-corrected chi connectivity index (χ4v) is 2.37. The minimum atomic E-state index is -1.34. The van der Waals surface area contributed by atoms with Crippen molar-refractivity contribution >= 4 is 35.8 Å². The third-order valence-corrected chi connectivity index (χ3v) is 3.79. The Bertz CT molecular complexity index is 682. The SMILES string of the molecule is O=C(O)O[C@@H]1/C=C/C/C=C(/C(=O)O)CC1.O=C1CCC(=O)N1.O=C1CCC(=O)N1. The smallest absolute Gasteiger partial charge is 0.478 e. The van der Waals surface area contributed by atoms with Gasteiger partial charge in [-0.2, -0.15) is 0 Å². The van der Waals surface area contributed by atoms with Gasteiger partial charge in [0, 0.05) is 31.3 Å². The van der Waals surface area contributed by atoms with Gasteiger partial charge in [-0.25, -0.2) is 9.59 Å². The number of carboxylic acids is 1. The quantitative estimate of drug-likeness (QED) is 0.289. The van der Waals surface area contributed by atoms with E-state index in [9.17, 15) is 28.8 Å². The summed E-state index contributed by atoms with van der Waals surface area (Å²) in [5.74, 6) is -1.55. The van der Waals surface area contributed by atoms with E-state index in [-0.39, 0.29) is 23.6 Å². The lowest BCUT2D eigenvalue weighted by Gasteiger charge is -2.13. The predicted molar refractivity (Wildman–Crippen MR) is 96.4 cm³/mol. The first-order chi connectivity index (χ1) is 13.7. The fraction of sp³-hybridized carbons (Fsp3) is 0.444. The van der Waals surface area contributed by atoms with Gasteiger partial charge in [-0.1, -0.05) is 12.2 Å². The summed E-state index contributed by atoms with van der Waals surface area (Å²) in [6.45, 7) is 0. The highest BCUT2D eigenvalue weighted by atomic mass is 16.7. The summed E-state index contributed by atoms with van der Waals surface area (Å²) in [6.07, 6.45) is 5.74. The third-order valence-electron chi connectivity index (χ3n) is 3.79. The topological polar surface area (TPSA) is 176 Å². The molecule has 0 radical (unpaired) electrons. The molecule has 2 aliphatic heterocycles. The third kappa shape index (κ3) is 10.4. The molecule has 1 aliphatic carbocycles. The van der Waals surface area contributed by atoms with Crippen LogP contribution in [0.3, 0.4) is 0 Å². The highest BCUT2D eigenvalue weighted by molar-refractivity contribution is 6.02. The van der Waals surface area contributed by atoms with Crippen molar-refractivity contribution in [2.75, 3.05) is 0 Å². The molecule has 0 aromatic rings. The second kappa shape index (κ2) is 12.1. The number of carbonyl (C=O) groups excluding carboxylic acids is 4. The number of allylic oxidation sites excluding steroid dienone is 2. The summed E-state index contributed by atoms with van der Waals surface area (Å²) in [6, 6.07) is 0. The van der Waals surface area contributed by atoms with E-state index in [4.69, 9.17) is 10.2 Å². The number of hydrogen-bond acceptors (Lipinski definition) is 7. The zero-order valence-corrected chi connectivity index (χ0v) is 15.5. The van der Waals surface area contributed by atoms with Gasteiger partial charge in [0.25, 0.3) is 0 Å². The number of amides is 4. The molecule has 4 amide bonds. The van der Waals surface area contributed by atoms with Gasteiger partial charge in [0.1, 0.15) is 6.10 Å². The summed E-state index contributed by atoms with van der Waals surface area (Å²) in [4.78, 5) is 61.5. The lowest BCUT2D eigenvalue weighted by molar-refractivity contribution is -0.133. The Morgan fingerprint density at radius 2 is 1.34 bits per heavy atom. The number of rotatable bonds is 2. The summed E-state index contributed by atoms with van der Waals surface area (Å²) in [5.41, 5.74) is 0.304. The average Bonchev–Trinajstić information content (AvgIpc) is 3.17. The van der Waals surface area contributed by atoms with Crippen LogP contribution in [0.15, 0.2) is 23.8 Å². The van der Waals surface area contributed by atoms with Crippen molar-refractivity contribution in [3.05, 3.63) is 23.8 Å². The van der Waals surface area contributed by atoms with E-state index in [1.807, 2.05) is 0 Å². The monoisotopic (exact) mass is 410 g/mol. The minimum absolute atomic E-state index is 0.148. The van der Waals surface area contributed by atoms with Gasteiger partial charge in [-0.05, 0) is 25.3 Å². The number of nitrogens with one attached hydrogen (secondary N) is 2. The van der Waals surface area contributed by atoms with Crippen LogP contribution in [0.5, 0.6) is 0 Å². The Morgan fingerprint density at radius 3 is 1.69 bits per heavy atom. The number of ether oxygens (including phenoxy) is 1. The number of aliphatic carboxylic acids is 1. The predicted octanol–water partition coefficient (Wildman–Crippen LogP) is 0.647. The molecule has 1 atom stereocenters. The van der Waals surface area contributed by atoms with Crippen LogP contribution in [0.25, 0.3) is 0 Å². The van der Waals surface area contributed by atoms with E-state index in [0.717, 1.165) is 0 Å². The molecule has 11 nitrogen and oxygen atoms in total. The first-order valence-electron chi connectivity index (χ1n) is 8.81. The van der Waals surface area contributed by atoms with Gasteiger partial charge in [-0.3, -0.25) is 29.8 Å². The van der Waals surface area contributed by atoms with Crippen molar-refractivity contribution in [3.63, 3.8) is 0 Å². The molecule has 29 heavy (non-hydrogen) atoms. The van der Waals surface area contributed by atoms with Crippen LogP contribution in [-0.2, 0) is 28.7 Å². The summed E-state index contributed by atoms with van der Waals surface area (Å²) in [5, 5.41) is 21.5. The van der Waals surface area contributed by atoms with Crippen LogP contribution in [0.1, 0.15) is 44.9 Å². The molecule has 3 rings (SSSR count). The van der Waals surface area contributed by atoms with Crippen molar-refractivity contribution in [2.24, 2.45) is 0 Å². The maximum Gasteiger partial charge on any atom is 0.506 e. The lowest BCUT2D eigenvalue weighted by atomic mass is 10.0. The Labute approximate surface area is 165 Å². The van der Waals surface area contributed by atoms with Crippen LogP contribution in [0.2, 0.25) is 0 Å². The molecule has 0 spiro atoms. The van der Waals surface area contributed by atoms with Crippen molar-refractivity contribution in [2.45, 2.75) is 51.0 Å². The first-order valence-corrected chi connectivity index (χ1v) is 8.81. The molecule has 158 valence electrons. The Kier molecular flexibility index (Phi) is 9.79. The standard InChI is InChI=1S/C10H12O5.2C4H5NO2/c11-9(12)7-3-1-2-4-8(6-5-7)15-10(13)14;2*6-3-1-2-4(7)5-3/h2-4,8H,1,5-6H2,(H,11,12)(H,13,14);2*1-2H2,(H,5,6,7)/b4-2+,7-3+;;/t8-;;/m1../s1. The van der Waals surface area contributed by atoms with Gasteiger partial charge < -0.3 is 14.9 Å². The molecule has 2 saturated heterocycles. The number of carboxylic acid groups (broad SMARTS) is 2. The zero-order chi connectivity index (χ0) is 21.8. The van der Waals surface area contributed by atoms with Gasteiger partial charge in [0.05, 0.1) is 0 Å². The summed E-state index contributed by atoms with van der Waals surface area (Å²) < 4.78 is 4.56. The molecule has 4 N–H and O–H groups in total. The molecular weight excluding hydrogens is 388 g/mol. The number of hydrogen-bond donors (Lipinski definition) is 4. The van der Waals surface area contributed by atoms with Crippen molar-refractivity contribution in [1.29, 1.82) is 0 Å². The second-order valence-corrected chi connectivity index (χ2v) is 6.10. The summed E-state index contributed by atoms with van der Waals surface area (Å²) in [7, 11) is 0. The van der Waals surface area contributed by atoms with Crippen LogP contribution >= 0.6 is 0 Å². The van der Waals surface area contributed by atoms with Gasteiger partial charge in [-0.15, -0.1) is 0 Å². The molecule has 0 saturated carbocycles. The van der Waals surface area contributed by atoms with Crippen molar-refractivity contribution in [1.82, 2.24) is 10.6 Å². The number of imide groups is 2. The molecule has 11 heteroatoms. The molecule has 0 aromatic heterocycles. The van der Waals surface area contributed by atoms with Crippen LogP contribution in [0, 0.1) is 0 Å². The molecule has 0 bridgehead atoms.